The molecule has 1 aromatic carbocycles. The summed E-state index contributed by atoms with van der Waals surface area (Å²) >= 11 is 0. The largest absolute Gasteiger partial charge is 0.357 e. The van der Waals surface area contributed by atoms with Gasteiger partial charge in [-0.05, 0) is 61.4 Å². The van der Waals surface area contributed by atoms with Crippen molar-refractivity contribution in [3.63, 3.8) is 0 Å². The van der Waals surface area contributed by atoms with Gasteiger partial charge in [0.15, 0.2) is 0 Å². The number of halogens is 1. The van der Waals surface area contributed by atoms with Gasteiger partial charge in [0, 0.05) is 37.6 Å². The van der Waals surface area contributed by atoms with Crippen molar-refractivity contribution in [1.82, 2.24) is 24.7 Å². The van der Waals surface area contributed by atoms with E-state index in [9.17, 15) is 4.39 Å². The minimum atomic E-state index is -0.276. The second-order valence-electron chi connectivity index (χ2n) is 7.28. The Morgan fingerprint density at radius 1 is 1.10 bits per heavy atom. The predicted octanol–water partition coefficient (Wildman–Crippen LogP) is 4.53. The van der Waals surface area contributed by atoms with E-state index in [1.165, 1.54) is 12.1 Å². The Kier molecular flexibility index (Phi) is 5.72. The Bertz CT molecular complexity index is 1150. The highest BCUT2D eigenvalue weighted by molar-refractivity contribution is 5.80. The molecule has 0 radical (unpaired) electrons. The SMILES string of the molecule is CCC(C)NCc1ccn2c(-c3ccnc(NC)n3)c(-c3ccc(F)cc3)nc2c1. The minimum absolute atomic E-state index is 0.276. The molecule has 0 aliphatic rings. The van der Waals surface area contributed by atoms with Crippen molar-refractivity contribution in [2.75, 3.05) is 12.4 Å². The third-order valence-electron chi connectivity index (χ3n) is 5.20. The highest BCUT2D eigenvalue weighted by Gasteiger charge is 2.18. The molecule has 3 aromatic heterocycles. The van der Waals surface area contributed by atoms with Crippen molar-refractivity contribution in [2.45, 2.75) is 32.9 Å². The molecule has 154 valence electrons. The first-order valence-electron chi connectivity index (χ1n) is 10.1. The molecule has 0 saturated heterocycles. The highest BCUT2D eigenvalue weighted by Crippen LogP contribution is 2.32. The first-order valence-corrected chi connectivity index (χ1v) is 10.1. The summed E-state index contributed by atoms with van der Waals surface area (Å²) in [5.74, 6) is 0.254. The van der Waals surface area contributed by atoms with E-state index in [1.54, 1.807) is 25.4 Å². The molecule has 4 rings (SSSR count). The highest BCUT2D eigenvalue weighted by atomic mass is 19.1. The second kappa shape index (κ2) is 8.59. The number of rotatable bonds is 7. The number of anilines is 1. The molecule has 6 nitrogen and oxygen atoms in total. The van der Waals surface area contributed by atoms with Crippen LogP contribution in [0.4, 0.5) is 10.3 Å². The molecule has 0 aliphatic heterocycles. The van der Waals surface area contributed by atoms with Crippen molar-refractivity contribution in [2.24, 2.45) is 0 Å². The quantitative estimate of drug-likeness (QED) is 0.474. The third-order valence-corrected chi connectivity index (χ3v) is 5.20. The van der Waals surface area contributed by atoms with Crippen LogP contribution in [0.3, 0.4) is 0 Å². The molecule has 1 unspecified atom stereocenters. The van der Waals surface area contributed by atoms with Gasteiger partial charge in [-0.1, -0.05) is 6.92 Å². The molecule has 3 heterocycles. The van der Waals surface area contributed by atoms with E-state index >= 15 is 0 Å². The van der Waals surface area contributed by atoms with Crippen LogP contribution in [0.2, 0.25) is 0 Å². The number of fused-ring (bicyclic) bond motifs is 1. The van der Waals surface area contributed by atoms with Crippen LogP contribution in [-0.4, -0.2) is 32.4 Å². The van der Waals surface area contributed by atoms with Gasteiger partial charge in [-0.25, -0.2) is 19.3 Å². The third kappa shape index (κ3) is 4.02. The summed E-state index contributed by atoms with van der Waals surface area (Å²) in [5.41, 5.74) is 5.14. The molecule has 1 atom stereocenters. The summed E-state index contributed by atoms with van der Waals surface area (Å²) < 4.78 is 15.5. The molecular weight excluding hydrogens is 379 g/mol. The normalized spacial score (nSPS) is 12.3. The van der Waals surface area contributed by atoms with Gasteiger partial charge in [0.1, 0.15) is 11.5 Å². The van der Waals surface area contributed by atoms with Crippen LogP contribution in [0.25, 0.3) is 28.3 Å². The van der Waals surface area contributed by atoms with Crippen LogP contribution < -0.4 is 10.6 Å². The minimum Gasteiger partial charge on any atom is -0.357 e. The molecule has 0 spiro atoms. The molecule has 0 amide bonds. The zero-order chi connectivity index (χ0) is 21.1. The first kappa shape index (κ1) is 20.0. The van der Waals surface area contributed by atoms with E-state index < -0.39 is 0 Å². The van der Waals surface area contributed by atoms with E-state index in [-0.39, 0.29) is 5.82 Å². The summed E-state index contributed by atoms with van der Waals surface area (Å²) in [4.78, 5) is 13.7. The summed E-state index contributed by atoms with van der Waals surface area (Å²) in [6, 6.07) is 12.8. The van der Waals surface area contributed by atoms with E-state index in [2.05, 4.69) is 46.6 Å². The van der Waals surface area contributed by atoms with Crippen molar-refractivity contribution >= 4 is 11.6 Å². The van der Waals surface area contributed by atoms with Gasteiger partial charge < -0.3 is 10.6 Å². The Labute approximate surface area is 175 Å². The van der Waals surface area contributed by atoms with Crippen molar-refractivity contribution in [3.8, 4) is 22.6 Å². The van der Waals surface area contributed by atoms with Crippen LogP contribution in [0.5, 0.6) is 0 Å². The molecule has 7 heteroatoms. The van der Waals surface area contributed by atoms with E-state index in [4.69, 9.17) is 4.98 Å². The molecule has 0 bridgehead atoms. The summed E-state index contributed by atoms with van der Waals surface area (Å²) in [6.45, 7) is 5.11. The maximum Gasteiger partial charge on any atom is 0.222 e. The molecule has 0 fully saturated rings. The number of hydrogen-bond donors (Lipinski definition) is 2. The predicted molar refractivity (Wildman–Crippen MR) is 118 cm³/mol. The number of nitrogens with zero attached hydrogens (tertiary/aromatic N) is 4. The first-order chi connectivity index (χ1) is 14.6. The standard InChI is InChI=1S/C23H25FN6/c1-4-15(2)27-14-16-10-12-30-20(13-16)29-21(17-5-7-18(24)8-6-17)22(30)19-9-11-26-23(25-3)28-19/h5-13,15,27H,4,14H2,1-3H3,(H,25,26,28). The lowest BCUT2D eigenvalue weighted by atomic mass is 10.1. The Hall–Kier alpha value is -3.32. The maximum atomic E-state index is 13.5. The van der Waals surface area contributed by atoms with Crippen molar-refractivity contribution < 1.29 is 4.39 Å². The lowest BCUT2D eigenvalue weighted by Gasteiger charge is -2.11. The fourth-order valence-electron chi connectivity index (χ4n) is 3.30. The monoisotopic (exact) mass is 404 g/mol. The molecule has 0 saturated carbocycles. The van der Waals surface area contributed by atoms with E-state index in [0.717, 1.165) is 46.8 Å². The summed E-state index contributed by atoms with van der Waals surface area (Å²) in [6.07, 6.45) is 4.80. The molecule has 0 aliphatic carbocycles. The zero-order valence-electron chi connectivity index (χ0n) is 17.4. The fourth-order valence-corrected chi connectivity index (χ4v) is 3.30. The maximum absolute atomic E-state index is 13.5. The Morgan fingerprint density at radius 2 is 1.90 bits per heavy atom. The van der Waals surface area contributed by atoms with Crippen molar-refractivity contribution in [1.29, 1.82) is 0 Å². The molecule has 4 aromatic rings. The van der Waals surface area contributed by atoms with Crippen LogP contribution in [0.1, 0.15) is 25.8 Å². The van der Waals surface area contributed by atoms with Crippen LogP contribution in [0, 0.1) is 5.82 Å². The number of imidazole rings is 1. The van der Waals surface area contributed by atoms with Gasteiger partial charge in [0.2, 0.25) is 5.95 Å². The number of nitrogens with one attached hydrogen (secondary N) is 2. The Balaban J connectivity index is 1.85. The lowest BCUT2D eigenvalue weighted by molar-refractivity contribution is 0.534. The fraction of sp³-hybridized carbons (Fsp3) is 0.261. The number of benzene rings is 1. The van der Waals surface area contributed by atoms with Crippen LogP contribution in [0.15, 0.2) is 54.9 Å². The van der Waals surface area contributed by atoms with Crippen molar-refractivity contribution in [3.05, 3.63) is 66.2 Å². The average molecular weight is 404 g/mol. The van der Waals surface area contributed by atoms with Gasteiger partial charge in [-0.2, -0.15) is 0 Å². The van der Waals surface area contributed by atoms with E-state index in [0.29, 0.717) is 12.0 Å². The number of pyridine rings is 1. The average Bonchev–Trinajstić information content (AvgIpc) is 3.16. The Morgan fingerprint density at radius 3 is 2.63 bits per heavy atom. The number of hydrogen-bond acceptors (Lipinski definition) is 5. The second-order valence-corrected chi connectivity index (χ2v) is 7.28. The molecular formula is C23H25FN6. The zero-order valence-corrected chi connectivity index (χ0v) is 17.4. The summed E-state index contributed by atoms with van der Waals surface area (Å²) in [5, 5.41) is 6.49. The molecule has 30 heavy (non-hydrogen) atoms. The molecule has 2 N–H and O–H groups in total. The summed E-state index contributed by atoms with van der Waals surface area (Å²) in [7, 11) is 1.78. The van der Waals surface area contributed by atoms with Gasteiger partial charge >= 0.3 is 0 Å². The van der Waals surface area contributed by atoms with Gasteiger partial charge in [0.05, 0.1) is 17.1 Å². The smallest absolute Gasteiger partial charge is 0.222 e. The van der Waals surface area contributed by atoms with Gasteiger partial charge in [-0.3, -0.25) is 4.40 Å². The topological polar surface area (TPSA) is 67.1 Å². The lowest BCUT2D eigenvalue weighted by Crippen LogP contribution is -2.24. The van der Waals surface area contributed by atoms with Gasteiger partial charge in [0.25, 0.3) is 0 Å². The van der Waals surface area contributed by atoms with Crippen LogP contribution in [-0.2, 0) is 6.54 Å². The number of aromatic nitrogens is 4. The van der Waals surface area contributed by atoms with Gasteiger partial charge in [-0.15, -0.1) is 0 Å². The van der Waals surface area contributed by atoms with E-state index in [1.807, 2.05) is 16.7 Å². The van der Waals surface area contributed by atoms with Crippen LogP contribution >= 0.6 is 0 Å².